The predicted octanol–water partition coefficient (Wildman–Crippen LogP) is -0.0805. The number of amides is 1. The van der Waals surface area contributed by atoms with Crippen LogP contribution in [0.4, 0.5) is 0 Å². The molecule has 1 amide bonds. The summed E-state index contributed by atoms with van der Waals surface area (Å²) in [5.74, 6) is -0.111. The van der Waals surface area contributed by atoms with Crippen molar-refractivity contribution in [3.05, 3.63) is 60.9 Å². The maximum atomic E-state index is 11.7. The number of phosphoric ester groups is 1. The van der Waals surface area contributed by atoms with Crippen molar-refractivity contribution in [2.24, 2.45) is 0 Å². The monoisotopic (exact) mass is 925 g/mol. The van der Waals surface area contributed by atoms with Crippen molar-refractivity contribution in [2.75, 3.05) is 92.9 Å². The zero-order chi connectivity index (χ0) is 45.5. The van der Waals surface area contributed by atoms with Gasteiger partial charge in [0.1, 0.15) is 19.8 Å². The van der Waals surface area contributed by atoms with Crippen molar-refractivity contribution in [1.29, 1.82) is 0 Å². The number of ketones is 1. The molecule has 0 aliphatic carbocycles. The molecule has 21 nitrogen and oxygen atoms in total. The molecule has 0 radical (unpaired) electrons. The van der Waals surface area contributed by atoms with E-state index in [0.717, 1.165) is 33.4 Å². The molecule has 4 rings (SSSR count). The van der Waals surface area contributed by atoms with E-state index in [9.17, 15) is 28.6 Å². The molecule has 344 valence electrons. The Morgan fingerprint density at radius 3 is 2.19 bits per heavy atom. The second kappa shape index (κ2) is 33.0. The molecule has 1 N–H and O–H groups in total. The van der Waals surface area contributed by atoms with E-state index in [1.54, 1.807) is 19.5 Å². The van der Waals surface area contributed by atoms with Gasteiger partial charge >= 0.3 is 35.6 Å². The van der Waals surface area contributed by atoms with Crippen LogP contribution in [0.1, 0.15) is 26.7 Å². The van der Waals surface area contributed by atoms with E-state index in [1.165, 1.54) is 0 Å². The van der Waals surface area contributed by atoms with Gasteiger partial charge in [-0.2, -0.15) is 4.98 Å². The van der Waals surface area contributed by atoms with Gasteiger partial charge in [0.2, 0.25) is 11.8 Å². The molecule has 4 aromatic rings. The van der Waals surface area contributed by atoms with Crippen LogP contribution < -0.4 is 49.2 Å². The minimum absolute atomic E-state index is 0. The number of hydrogen-bond acceptors (Lipinski definition) is 20. The number of methoxy groups -OCH3 is 1. The molecule has 2 atom stereocenters. The number of nitrogens with one attached hydrogen (secondary N) is 1. The molecule has 2 unspecified atom stereocenters. The Bertz CT molecular complexity index is 2020. The van der Waals surface area contributed by atoms with Crippen LogP contribution in [0.25, 0.3) is 33.4 Å². The molecule has 2 aromatic heterocycles. The van der Waals surface area contributed by atoms with Crippen LogP contribution in [0.2, 0.25) is 0 Å². The molecular formula is C41H53N5NaO16P. The summed E-state index contributed by atoms with van der Waals surface area (Å²) in [6.45, 7) is 4.81. The minimum Gasteiger partial charge on any atom is -0.756 e. The van der Waals surface area contributed by atoms with Gasteiger partial charge < -0.3 is 57.2 Å². The number of rotatable bonds is 32. The number of phosphoric acid groups is 1. The Morgan fingerprint density at radius 2 is 1.48 bits per heavy atom. The topological polar surface area (TPSA) is 264 Å². The number of Topliss-reactive ketones (excluding diaryl/α,β-unsaturated/α-hetero) is 1. The molecule has 2 aromatic carbocycles. The van der Waals surface area contributed by atoms with Gasteiger partial charge in [0.05, 0.1) is 81.8 Å². The molecule has 2 heterocycles. The van der Waals surface area contributed by atoms with Gasteiger partial charge in [-0.3, -0.25) is 28.7 Å². The van der Waals surface area contributed by atoms with Crippen molar-refractivity contribution in [2.45, 2.75) is 32.8 Å². The number of benzene rings is 2. The Morgan fingerprint density at radius 1 is 0.781 bits per heavy atom. The summed E-state index contributed by atoms with van der Waals surface area (Å²) in [5, 5.41) is 2.37. The smallest absolute Gasteiger partial charge is 0.756 e. The van der Waals surface area contributed by atoms with E-state index in [-0.39, 0.29) is 81.3 Å². The number of para-hydroxylation sites is 2. The number of carbonyl (C=O) groups excluding carboxylic acids is 4. The zero-order valence-electron chi connectivity index (χ0n) is 36.4. The summed E-state index contributed by atoms with van der Waals surface area (Å²) < 4.78 is 61.0. The second-order valence-corrected chi connectivity index (χ2v) is 14.0. The molecule has 0 aliphatic rings. The molecule has 64 heavy (non-hydrogen) atoms. The molecule has 0 saturated heterocycles. The van der Waals surface area contributed by atoms with Crippen LogP contribution >= 0.6 is 7.82 Å². The number of nitrogens with zero attached hydrogens (tertiary/aromatic N) is 4. The predicted molar refractivity (Wildman–Crippen MR) is 222 cm³/mol. The van der Waals surface area contributed by atoms with E-state index in [4.69, 9.17) is 28.4 Å². The maximum Gasteiger partial charge on any atom is 1.00 e. The number of hydrogen-bond donors (Lipinski definition) is 1. The first kappa shape index (κ1) is 55.6. The fraction of sp³-hybridized carbons (Fsp3) is 0.463. The van der Waals surface area contributed by atoms with Crippen LogP contribution in [0.15, 0.2) is 60.9 Å². The first-order valence-electron chi connectivity index (χ1n) is 19.8. The summed E-state index contributed by atoms with van der Waals surface area (Å²) in [5.41, 5.74) is 5.33. The molecule has 0 bridgehead atoms. The Labute approximate surface area is 393 Å². The third-order valence-corrected chi connectivity index (χ3v) is 8.98. The van der Waals surface area contributed by atoms with Crippen LogP contribution in [0.5, 0.6) is 11.9 Å². The number of ether oxygens (including phenoxy) is 8. The summed E-state index contributed by atoms with van der Waals surface area (Å²) >= 11 is 0. The number of carbonyl (C=O) groups is 4. The third-order valence-electron chi connectivity index (χ3n) is 8.02. The maximum absolute atomic E-state index is 11.7. The summed E-state index contributed by atoms with van der Waals surface area (Å²) in [4.78, 5) is 73.1. The molecular weight excluding hydrogens is 872 g/mol. The molecule has 0 fully saturated rings. The molecule has 0 spiro atoms. The van der Waals surface area contributed by atoms with Crippen molar-refractivity contribution in [3.8, 4) is 34.3 Å². The van der Waals surface area contributed by atoms with Gasteiger partial charge in [-0.25, -0.2) is 9.97 Å². The van der Waals surface area contributed by atoms with Gasteiger partial charge in [0, 0.05) is 37.9 Å². The average Bonchev–Trinajstić information content (AvgIpc) is 3.29. The summed E-state index contributed by atoms with van der Waals surface area (Å²) in [6.07, 6.45) is 3.30. The van der Waals surface area contributed by atoms with Gasteiger partial charge in [-0.15, -0.1) is 0 Å². The van der Waals surface area contributed by atoms with Crippen LogP contribution in [-0.4, -0.2) is 144 Å². The van der Waals surface area contributed by atoms with Crippen molar-refractivity contribution >= 4 is 43.5 Å². The van der Waals surface area contributed by atoms with Crippen molar-refractivity contribution in [1.82, 2.24) is 25.3 Å². The largest absolute Gasteiger partial charge is 1.00 e. The van der Waals surface area contributed by atoms with Crippen molar-refractivity contribution in [3.63, 3.8) is 0 Å². The Balaban J connectivity index is 0.000000447. The first-order chi connectivity index (χ1) is 30.6. The minimum atomic E-state index is -4.75. The fourth-order valence-corrected chi connectivity index (χ4v) is 5.80. The van der Waals surface area contributed by atoms with Gasteiger partial charge in [-0.1, -0.05) is 36.4 Å². The summed E-state index contributed by atoms with van der Waals surface area (Å²) in [7, 11) is -3.16. The van der Waals surface area contributed by atoms with Gasteiger partial charge in [0.15, 0.2) is 11.9 Å². The Hall–Kier alpha value is -4.51. The van der Waals surface area contributed by atoms with Gasteiger partial charge in [-0.05, 0) is 38.0 Å². The molecule has 0 aliphatic heterocycles. The standard InChI is InChI=1S/C21H18N4O2.C20H36NO14P.Na/c1-3-27-21-23-12-16(20(25-21)26-2)14-8-10-15(11-9-14)19-13-22-17-6-4-5-7-18(17)24-19;1-2-28-8-9-29-6-3-4-18(24)12-30-10-11-31-15-20(25)21-5-7-34-36(26,27)35-14-19(33-17-23)13-32-16-22;/h4-13H,3H2,1-2H3;16-17,19H,2-15H2,1H3,(H,21,25)(H,26,27);/q;;+1/p-1. The first-order valence-corrected chi connectivity index (χ1v) is 21.3. The quantitative estimate of drug-likeness (QED) is 0.0291. The third kappa shape index (κ3) is 22.4. The van der Waals surface area contributed by atoms with Crippen LogP contribution in [0.3, 0.4) is 0 Å². The van der Waals surface area contributed by atoms with Gasteiger partial charge in [0.25, 0.3) is 20.8 Å². The fourth-order valence-electron chi connectivity index (χ4n) is 5.06. The van der Waals surface area contributed by atoms with E-state index in [2.05, 4.69) is 43.8 Å². The van der Waals surface area contributed by atoms with Crippen LogP contribution in [0, 0.1) is 0 Å². The number of fused-ring (bicyclic) bond motifs is 1. The summed E-state index contributed by atoms with van der Waals surface area (Å²) in [6, 6.07) is 16.1. The molecule has 23 heteroatoms. The SMILES string of the molecule is CCOCCOCCCC(=O)COCCOCC(=O)NCCOP(=O)([O-])OCC(COC=O)OC=O.CCOc1ncc(-c2ccc(-c3cnc4ccccc4n3)cc2)c(OC)n1.[Na+]. The Kier molecular flexibility index (Phi) is 28.7. The average molecular weight is 926 g/mol. The van der Waals surface area contributed by atoms with E-state index < -0.39 is 39.7 Å². The normalized spacial score (nSPS) is 12.1. The van der Waals surface area contributed by atoms with E-state index >= 15 is 0 Å². The van der Waals surface area contributed by atoms with E-state index in [1.807, 2.05) is 62.4 Å². The number of aromatic nitrogens is 4. The molecule has 0 saturated carbocycles. The zero-order valence-corrected chi connectivity index (χ0v) is 39.3. The van der Waals surface area contributed by atoms with Crippen LogP contribution in [-0.2, 0) is 61.2 Å². The van der Waals surface area contributed by atoms with E-state index in [0.29, 0.717) is 57.8 Å². The van der Waals surface area contributed by atoms with Crippen molar-refractivity contribution < 1.29 is 105 Å². The second-order valence-electron chi connectivity index (χ2n) is 12.6.